The molecule has 0 aliphatic carbocycles. The molecule has 0 spiro atoms. The largest absolute Gasteiger partial charge is 0.416 e. The molecule has 3 rings (SSSR count). The van der Waals surface area contributed by atoms with Gasteiger partial charge in [0, 0.05) is 5.56 Å². The van der Waals surface area contributed by atoms with Crippen LogP contribution < -0.4 is 4.72 Å². The third-order valence-electron chi connectivity index (χ3n) is 3.03. The van der Waals surface area contributed by atoms with Crippen LogP contribution in [0.2, 0.25) is 0 Å². The standard InChI is InChI=1S/C12H9F3N4O2S2/c1-16-23(20,21)11-18-19-6-9(17-10(19)22-11)7-2-4-8(5-3-7)12(13,14)15/h2-6,16H,1H3. The Morgan fingerprint density at radius 3 is 2.39 bits per heavy atom. The predicted molar refractivity (Wildman–Crippen MR) is 77.5 cm³/mol. The van der Waals surface area contributed by atoms with Crippen molar-refractivity contribution in [1.29, 1.82) is 0 Å². The first-order valence-corrected chi connectivity index (χ1v) is 8.48. The van der Waals surface area contributed by atoms with E-state index in [0.29, 0.717) is 16.2 Å². The summed E-state index contributed by atoms with van der Waals surface area (Å²) in [7, 11) is -2.39. The number of hydrogen-bond donors (Lipinski definition) is 1. The monoisotopic (exact) mass is 362 g/mol. The summed E-state index contributed by atoms with van der Waals surface area (Å²) in [6.45, 7) is 0. The van der Waals surface area contributed by atoms with Crippen molar-refractivity contribution < 1.29 is 21.6 Å². The molecule has 1 N–H and O–H groups in total. The number of fused-ring (bicyclic) bond motifs is 1. The Morgan fingerprint density at radius 1 is 1.22 bits per heavy atom. The Balaban J connectivity index is 1.97. The molecule has 6 nitrogen and oxygen atoms in total. The van der Waals surface area contributed by atoms with Crippen LogP contribution in [0.5, 0.6) is 0 Å². The van der Waals surface area contributed by atoms with Gasteiger partial charge in [-0.3, -0.25) is 0 Å². The van der Waals surface area contributed by atoms with Gasteiger partial charge >= 0.3 is 6.18 Å². The smallest absolute Gasteiger partial charge is 0.217 e. The van der Waals surface area contributed by atoms with Crippen molar-refractivity contribution in [3.05, 3.63) is 36.0 Å². The van der Waals surface area contributed by atoms with E-state index in [0.717, 1.165) is 23.5 Å². The Bertz CT molecular complexity index is 927. The van der Waals surface area contributed by atoms with Gasteiger partial charge < -0.3 is 0 Å². The molecule has 0 amide bonds. The molecule has 0 unspecified atom stereocenters. The lowest BCUT2D eigenvalue weighted by molar-refractivity contribution is -0.137. The van der Waals surface area contributed by atoms with Gasteiger partial charge in [0.05, 0.1) is 17.5 Å². The van der Waals surface area contributed by atoms with E-state index in [1.807, 2.05) is 0 Å². The van der Waals surface area contributed by atoms with Crippen LogP contribution in [-0.4, -0.2) is 30.1 Å². The number of halogens is 3. The molecular weight excluding hydrogens is 353 g/mol. The Hall–Kier alpha value is -1.98. The van der Waals surface area contributed by atoms with Crippen LogP contribution in [0.25, 0.3) is 16.2 Å². The molecule has 23 heavy (non-hydrogen) atoms. The van der Waals surface area contributed by atoms with E-state index >= 15 is 0 Å². The zero-order chi connectivity index (χ0) is 16.8. The molecule has 122 valence electrons. The van der Waals surface area contributed by atoms with Gasteiger partial charge in [0.2, 0.25) is 9.30 Å². The molecule has 0 fully saturated rings. The number of imidazole rings is 1. The van der Waals surface area contributed by atoms with E-state index in [1.165, 1.54) is 29.9 Å². The molecule has 2 heterocycles. The summed E-state index contributed by atoms with van der Waals surface area (Å²) in [6.07, 6.45) is -2.94. The Kier molecular flexibility index (Phi) is 3.65. The Labute approximate surface area is 132 Å². The predicted octanol–water partition coefficient (Wildman–Crippen LogP) is 2.38. The third kappa shape index (κ3) is 2.94. The van der Waals surface area contributed by atoms with Crippen molar-refractivity contribution in [1.82, 2.24) is 19.3 Å². The van der Waals surface area contributed by atoms with Crippen LogP contribution in [-0.2, 0) is 16.2 Å². The highest BCUT2D eigenvalue weighted by Crippen LogP contribution is 2.31. The second-order valence-electron chi connectivity index (χ2n) is 4.50. The highest BCUT2D eigenvalue weighted by molar-refractivity contribution is 7.91. The zero-order valence-corrected chi connectivity index (χ0v) is 13.1. The minimum Gasteiger partial charge on any atom is -0.217 e. The molecule has 1 aromatic carbocycles. The Morgan fingerprint density at radius 2 is 1.87 bits per heavy atom. The molecule has 0 bridgehead atoms. The fraction of sp³-hybridized carbons (Fsp3) is 0.167. The molecule has 0 aliphatic heterocycles. The maximum absolute atomic E-state index is 12.5. The maximum atomic E-state index is 12.5. The molecular formula is C12H9F3N4O2S2. The van der Waals surface area contributed by atoms with Crippen molar-refractivity contribution in [3.63, 3.8) is 0 Å². The van der Waals surface area contributed by atoms with E-state index in [9.17, 15) is 21.6 Å². The first-order valence-electron chi connectivity index (χ1n) is 6.18. The fourth-order valence-electron chi connectivity index (χ4n) is 1.85. The fourth-order valence-corrected chi connectivity index (χ4v) is 3.75. The van der Waals surface area contributed by atoms with Crippen LogP contribution in [0.3, 0.4) is 0 Å². The van der Waals surface area contributed by atoms with Crippen LogP contribution in [0.4, 0.5) is 13.2 Å². The lowest BCUT2D eigenvalue weighted by Crippen LogP contribution is -2.18. The number of rotatable bonds is 3. The summed E-state index contributed by atoms with van der Waals surface area (Å²) >= 11 is 0.862. The number of nitrogens with zero attached hydrogens (tertiary/aromatic N) is 3. The molecule has 0 aliphatic rings. The lowest BCUT2D eigenvalue weighted by Gasteiger charge is -2.06. The third-order valence-corrected chi connectivity index (χ3v) is 5.74. The quantitative estimate of drug-likeness (QED) is 0.776. The van der Waals surface area contributed by atoms with Gasteiger partial charge in [0.1, 0.15) is 0 Å². The van der Waals surface area contributed by atoms with E-state index in [1.54, 1.807) is 0 Å². The van der Waals surface area contributed by atoms with E-state index in [4.69, 9.17) is 0 Å². The molecule has 0 radical (unpaired) electrons. The number of aromatic nitrogens is 3. The highest BCUT2D eigenvalue weighted by Gasteiger charge is 2.30. The minimum atomic E-state index is -4.40. The summed E-state index contributed by atoms with van der Waals surface area (Å²) in [6, 6.07) is 4.54. The molecule has 0 saturated heterocycles. The van der Waals surface area contributed by atoms with E-state index in [-0.39, 0.29) is 4.34 Å². The first-order chi connectivity index (χ1) is 10.7. The molecule has 0 atom stereocenters. The average Bonchev–Trinajstić information content (AvgIpc) is 3.05. The lowest BCUT2D eigenvalue weighted by atomic mass is 10.1. The van der Waals surface area contributed by atoms with Crippen molar-refractivity contribution in [2.75, 3.05) is 7.05 Å². The SMILES string of the molecule is CNS(=O)(=O)c1nn2cc(-c3ccc(C(F)(F)F)cc3)nc2s1. The summed E-state index contributed by atoms with van der Waals surface area (Å²) < 4.78 is 64.2. The number of sulfonamides is 1. The zero-order valence-electron chi connectivity index (χ0n) is 11.5. The first kappa shape index (κ1) is 15.9. The number of alkyl halides is 3. The van der Waals surface area contributed by atoms with E-state index in [2.05, 4.69) is 14.8 Å². The van der Waals surface area contributed by atoms with Crippen LogP contribution in [0, 0.1) is 0 Å². The average molecular weight is 362 g/mol. The summed E-state index contributed by atoms with van der Waals surface area (Å²) in [4.78, 5) is 4.52. The van der Waals surface area contributed by atoms with Gasteiger partial charge in [0.15, 0.2) is 0 Å². The second kappa shape index (κ2) is 5.28. The number of benzene rings is 1. The van der Waals surface area contributed by atoms with Crippen molar-refractivity contribution in [2.24, 2.45) is 0 Å². The normalized spacial score (nSPS) is 12.9. The van der Waals surface area contributed by atoms with Gasteiger partial charge in [0.25, 0.3) is 10.0 Å². The highest BCUT2D eigenvalue weighted by atomic mass is 32.2. The topological polar surface area (TPSA) is 76.4 Å². The number of nitrogens with one attached hydrogen (secondary N) is 1. The van der Waals surface area contributed by atoms with E-state index < -0.39 is 21.8 Å². The van der Waals surface area contributed by atoms with Crippen molar-refractivity contribution in [2.45, 2.75) is 10.5 Å². The summed E-state index contributed by atoms with van der Waals surface area (Å²) in [5, 5.41) is 3.90. The second-order valence-corrected chi connectivity index (χ2v) is 7.52. The van der Waals surface area contributed by atoms with Gasteiger partial charge in [-0.25, -0.2) is 22.6 Å². The molecule has 3 aromatic rings. The molecule has 0 saturated carbocycles. The van der Waals surface area contributed by atoms with Gasteiger partial charge in [-0.15, -0.1) is 5.10 Å². The molecule has 11 heteroatoms. The summed E-state index contributed by atoms with van der Waals surface area (Å²) in [5.41, 5.74) is 0.141. The van der Waals surface area contributed by atoms with Crippen LogP contribution in [0.15, 0.2) is 34.8 Å². The van der Waals surface area contributed by atoms with Gasteiger partial charge in [-0.1, -0.05) is 23.5 Å². The van der Waals surface area contributed by atoms with Crippen molar-refractivity contribution in [3.8, 4) is 11.3 Å². The van der Waals surface area contributed by atoms with Gasteiger partial charge in [-0.2, -0.15) is 13.2 Å². The minimum absolute atomic E-state index is 0.138. The van der Waals surface area contributed by atoms with Crippen LogP contribution >= 0.6 is 11.3 Å². The molecule has 2 aromatic heterocycles. The summed E-state index contributed by atoms with van der Waals surface area (Å²) in [5.74, 6) is 0. The van der Waals surface area contributed by atoms with Gasteiger partial charge in [-0.05, 0) is 19.2 Å². The number of hydrogen-bond acceptors (Lipinski definition) is 5. The maximum Gasteiger partial charge on any atom is 0.416 e. The van der Waals surface area contributed by atoms with Crippen LogP contribution in [0.1, 0.15) is 5.56 Å². The van der Waals surface area contributed by atoms with Crippen molar-refractivity contribution >= 4 is 26.3 Å².